The van der Waals surface area contributed by atoms with Gasteiger partial charge in [-0.25, -0.2) is 0 Å². The molecular weight excluding hydrogens is 576 g/mol. The lowest BCUT2D eigenvalue weighted by atomic mass is 9.46. The van der Waals surface area contributed by atoms with Gasteiger partial charge in [0.2, 0.25) is 5.78 Å². The van der Waals surface area contributed by atoms with Crippen LogP contribution in [0.25, 0.3) is 0 Å². The van der Waals surface area contributed by atoms with Gasteiger partial charge in [-0.1, -0.05) is 78.2 Å². The largest absolute Gasteiger partial charge is 0.504 e. The quantitative estimate of drug-likeness (QED) is 0.173. The van der Waals surface area contributed by atoms with E-state index in [0.717, 1.165) is 62.4 Å². The van der Waals surface area contributed by atoms with Crippen molar-refractivity contribution in [2.45, 2.75) is 120 Å². The van der Waals surface area contributed by atoms with Crippen LogP contribution in [0.5, 0.6) is 0 Å². The maximum atomic E-state index is 15.2. The van der Waals surface area contributed by atoms with Crippen molar-refractivity contribution in [3.05, 3.63) is 35.1 Å². The smallest absolute Gasteiger partial charge is 0.309 e. The first-order valence-corrected chi connectivity index (χ1v) is 17.9. The fourth-order valence-electron chi connectivity index (χ4n) is 13.6. The van der Waals surface area contributed by atoms with Crippen LogP contribution in [0.2, 0.25) is 0 Å². The molecule has 1 spiro atoms. The van der Waals surface area contributed by atoms with Crippen molar-refractivity contribution in [1.29, 1.82) is 0 Å². The zero-order valence-corrected chi connectivity index (χ0v) is 29.4. The van der Waals surface area contributed by atoms with Crippen molar-refractivity contribution in [2.75, 3.05) is 0 Å². The molecule has 0 aromatic carbocycles. The Morgan fingerprint density at radius 3 is 2.30 bits per heavy atom. The summed E-state index contributed by atoms with van der Waals surface area (Å²) in [6.07, 6.45) is 11.0. The summed E-state index contributed by atoms with van der Waals surface area (Å²) >= 11 is 0. The van der Waals surface area contributed by atoms with Gasteiger partial charge in [-0.2, -0.15) is 0 Å². The third kappa shape index (κ3) is 3.76. The summed E-state index contributed by atoms with van der Waals surface area (Å²) < 4.78 is 0. The molecule has 0 amide bonds. The molecule has 0 aromatic heterocycles. The van der Waals surface area contributed by atoms with E-state index in [1.165, 1.54) is 0 Å². The second-order valence-electron chi connectivity index (χ2n) is 18.1. The highest BCUT2D eigenvalue weighted by Gasteiger charge is 2.81. The Bertz CT molecular complexity index is 1480. The van der Waals surface area contributed by atoms with E-state index < -0.39 is 45.2 Å². The summed E-state index contributed by atoms with van der Waals surface area (Å²) in [7, 11) is 0. The van der Waals surface area contributed by atoms with Crippen LogP contribution in [-0.4, -0.2) is 34.0 Å². The molecule has 5 saturated carbocycles. The fraction of sp³-hybridized carbons (Fsp3) is 0.750. The number of rotatable bonds is 6. The van der Waals surface area contributed by atoms with Crippen molar-refractivity contribution >= 4 is 23.8 Å². The van der Waals surface area contributed by atoms with Gasteiger partial charge in [-0.05, 0) is 111 Å². The predicted octanol–water partition coefficient (Wildman–Crippen LogP) is 8.46. The number of ketones is 2. The molecule has 6 nitrogen and oxygen atoms in total. The highest BCUT2D eigenvalue weighted by molar-refractivity contribution is 6.22. The molecule has 5 fully saturated rings. The predicted molar refractivity (Wildman–Crippen MR) is 178 cm³/mol. The number of aliphatic hydroxyl groups is 1. The molecule has 0 saturated heterocycles. The third-order valence-electron chi connectivity index (χ3n) is 15.5. The molecule has 46 heavy (non-hydrogen) atoms. The van der Waals surface area contributed by atoms with E-state index >= 15 is 4.79 Å². The van der Waals surface area contributed by atoms with Crippen molar-refractivity contribution in [2.24, 2.45) is 68.0 Å². The van der Waals surface area contributed by atoms with E-state index in [1.54, 1.807) is 0 Å². The van der Waals surface area contributed by atoms with Crippen LogP contribution in [-0.2, 0) is 19.2 Å². The molecule has 0 unspecified atom stereocenters. The molecule has 6 heteroatoms. The zero-order valence-electron chi connectivity index (χ0n) is 29.4. The highest BCUT2D eigenvalue weighted by Crippen LogP contribution is 2.78. The average molecular weight is 633 g/mol. The van der Waals surface area contributed by atoms with Crippen molar-refractivity contribution < 1.29 is 29.4 Å². The van der Waals surface area contributed by atoms with Crippen LogP contribution in [0.4, 0.5) is 0 Å². The van der Waals surface area contributed by atoms with Crippen LogP contribution < -0.4 is 0 Å². The summed E-state index contributed by atoms with van der Waals surface area (Å²) in [6.45, 7) is 21.0. The van der Waals surface area contributed by atoms with Gasteiger partial charge in [0, 0.05) is 11.8 Å². The standard InChI is InChI=1S/C40H56O6/c1-22(2)40-26(24(4)12-14-25-23(3)13-15-28-36(25,7)17-11-18-37(28,8)34(45)46)20-39(33(40)44)27(21-41)30-35(5,6)16-10-19-38(30,9)31(39)29(42)32(40)43/h12,21-22,25-28,30,42H,3,10-11,13-20H2,1-2,4-9H3,(H,45,46)/b24-12+/t25-,26-,27+,28+,30-,36+,37+,38-,39-,40-/m0/s1. The Kier molecular flexibility index (Phi) is 7.44. The molecule has 0 aromatic rings. The number of carbonyl (C=O) groups is 4. The fourth-order valence-corrected chi connectivity index (χ4v) is 13.6. The van der Waals surface area contributed by atoms with Crippen LogP contribution >= 0.6 is 0 Å². The second kappa shape index (κ2) is 10.3. The molecule has 2 N–H and O–H groups in total. The van der Waals surface area contributed by atoms with Crippen LogP contribution in [0.15, 0.2) is 35.1 Å². The number of aliphatic carboxylic acids is 1. The Hall–Kier alpha value is -2.50. The van der Waals surface area contributed by atoms with Gasteiger partial charge in [0.25, 0.3) is 0 Å². The van der Waals surface area contributed by atoms with Gasteiger partial charge in [0.05, 0.1) is 10.8 Å². The topological polar surface area (TPSA) is 109 Å². The molecule has 252 valence electrons. The Labute approximate surface area is 275 Å². The number of hydrogen-bond acceptors (Lipinski definition) is 5. The first kappa shape index (κ1) is 33.4. The number of fused-ring (bicyclic) bond motifs is 4. The molecule has 0 radical (unpaired) electrons. The van der Waals surface area contributed by atoms with Crippen LogP contribution in [0.1, 0.15) is 120 Å². The molecule has 6 aliphatic carbocycles. The number of aldehydes is 1. The van der Waals surface area contributed by atoms with Gasteiger partial charge < -0.3 is 15.0 Å². The average Bonchev–Trinajstić information content (AvgIpc) is 3.33. The number of Topliss-reactive ketones (excluding diaryl/α,β-unsaturated/α-hetero) is 2. The van der Waals surface area contributed by atoms with Gasteiger partial charge in [0.15, 0.2) is 11.5 Å². The van der Waals surface area contributed by atoms with E-state index in [1.807, 2.05) is 27.7 Å². The van der Waals surface area contributed by atoms with Crippen molar-refractivity contribution in [3.8, 4) is 0 Å². The van der Waals surface area contributed by atoms with Crippen LogP contribution in [0, 0.1) is 68.0 Å². The van der Waals surface area contributed by atoms with Crippen molar-refractivity contribution in [1.82, 2.24) is 0 Å². The van der Waals surface area contributed by atoms with Crippen LogP contribution in [0.3, 0.4) is 0 Å². The van der Waals surface area contributed by atoms with Gasteiger partial charge in [-0.3, -0.25) is 14.4 Å². The monoisotopic (exact) mass is 632 g/mol. The maximum absolute atomic E-state index is 15.2. The van der Waals surface area contributed by atoms with Gasteiger partial charge in [0.1, 0.15) is 11.7 Å². The molecule has 10 atom stereocenters. The summed E-state index contributed by atoms with van der Waals surface area (Å²) in [5.74, 6) is -2.93. The lowest BCUT2D eigenvalue weighted by Gasteiger charge is -2.57. The molecule has 6 aliphatic rings. The summed E-state index contributed by atoms with van der Waals surface area (Å²) in [5, 5.41) is 22.3. The summed E-state index contributed by atoms with van der Waals surface area (Å²) in [6, 6.07) is 0. The number of aliphatic hydroxyl groups excluding tert-OH is 1. The molecule has 6 rings (SSSR count). The van der Waals surface area contributed by atoms with Gasteiger partial charge >= 0.3 is 5.97 Å². The number of carboxylic acid groups (broad SMARTS) is 1. The van der Waals surface area contributed by atoms with E-state index in [0.29, 0.717) is 24.8 Å². The number of carboxylic acids is 1. The molecule has 0 heterocycles. The van der Waals surface area contributed by atoms with Gasteiger partial charge in [-0.15, -0.1) is 0 Å². The molecule has 0 aliphatic heterocycles. The summed E-state index contributed by atoms with van der Waals surface area (Å²) in [4.78, 5) is 55.6. The van der Waals surface area contributed by atoms with Crippen molar-refractivity contribution in [3.63, 3.8) is 0 Å². The highest BCUT2D eigenvalue weighted by atomic mass is 16.4. The van der Waals surface area contributed by atoms with E-state index in [-0.39, 0.29) is 46.0 Å². The molecular formula is C40H56O6. The van der Waals surface area contributed by atoms with E-state index in [2.05, 4.69) is 40.3 Å². The minimum absolute atomic E-state index is 0.0492. The Balaban J connectivity index is 1.44. The number of carbonyl (C=O) groups excluding carboxylic acids is 3. The zero-order chi connectivity index (χ0) is 34.0. The Morgan fingerprint density at radius 2 is 1.70 bits per heavy atom. The maximum Gasteiger partial charge on any atom is 0.309 e. The lowest BCUT2D eigenvalue weighted by molar-refractivity contribution is -0.164. The second-order valence-corrected chi connectivity index (χ2v) is 18.1. The molecule has 2 bridgehead atoms. The van der Waals surface area contributed by atoms with E-state index in [4.69, 9.17) is 0 Å². The minimum Gasteiger partial charge on any atom is -0.504 e. The lowest BCUT2D eigenvalue weighted by Crippen LogP contribution is -2.54. The third-order valence-corrected chi connectivity index (χ3v) is 15.5. The SMILES string of the molecule is C=C1CC[C@@H]2[C@](C)(CCC[C@@]2(C)C(=O)O)[C@H]1C/C=C(\C)[C@@H]1C[C@@]23C(=O)[C@]1(C(C)C)C(=O)C(O)=C2[C@@]1(C)CCCC(C)(C)[C@@H]1[C@H]3C=O. The first-order valence-electron chi connectivity index (χ1n) is 17.9. The number of allylic oxidation sites excluding steroid dienone is 5. The van der Waals surface area contributed by atoms with E-state index in [9.17, 15) is 24.6 Å². The normalized spacial score (nSPS) is 46.7. The minimum atomic E-state index is -1.42. The Morgan fingerprint density at radius 1 is 1.04 bits per heavy atom. The summed E-state index contributed by atoms with van der Waals surface area (Å²) in [5.41, 5.74) is -1.72. The number of hydrogen-bond donors (Lipinski definition) is 2. The first-order chi connectivity index (χ1) is 21.3.